The highest BCUT2D eigenvalue weighted by atomic mass is 32.2. The SMILES string of the molecule is Cc1ccc(CC(=O)Nc2cc(-c3ccccc3/C(N)=N/NN)ccc2S(=O)(=O)c2ccccc2)cc1. The maximum atomic E-state index is 13.5. The van der Waals surface area contributed by atoms with E-state index in [1.54, 1.807) is 42.5 Å². The van der Waals surface area contributed by atoms with Crippen LogP contribution >= 0.6 is 0 Å². The van der Waals surface area contributed by atoms with Crippen molar-refractivity contribution in [2.45, 2.75) is 23.1 Å². The summed E-state index contributed by atoms with van der Waals surface area (Å²) in [6, 6.07) is 27.7. The van der Waals surface area contributed by atoms with Crippen LogP contribution in [0, 0.1) is 6.92 Å². The maximum Gasteiger partial charge on any atom is 0.228 e. The van der Waals surface area contributed by atoms with E-state index in [0.717, 1.165) is 11.1 Å². The fourth-order valence-electron chi connectivity index (χ4n) is 3.93. The van der Waals surface area contributed by atoms with E-state index in [1.807, 2.05) is 43.3 Å². The molecule has 9 heteroatoms. The van der Waals surface area contributed by atoms with E-state index >= 15 is 0 Å². The number of nitrogens with one attached hydrogen (secondary N) is 2. The van der Waals surface area contributed by atoms with Crippen LogP contribution in [0.3, 0.4) is 0 Å². The largest absolute Gasteiger partial charge is 0.382 e. The highest BCUT2D eigenvalue weighted by molar-refractivity contribution is 7.91. The molecule has 0 saturated heterocycles. The molecule has 0 aliphatic heterocycles. The summed E-state index contributed by atoms with van der Waals surface area (Å²) in [4.78, 5) is 13.1. The highest BCUT2D eigenvalue weighted by Crippen LogP contribution is 2.33. The number of hydrazone groups is 1. The number of amides is 1. The molecule has 0 bridgehead atoms. The number of amidine groups is 1. The second kappa shape index (κ2) is 11.1. The average molecular weight is 514 g/mol. The second-order valence-electron chi connectivity index (χ2n) is 8.41. The number of aryl methyl sites for hydroxylation is 1. The lowest BCUT2D eigenvalue weighted by atomic mass is 9.98. The number of hydrogen-bond acceptors (Lipinski definition) is 6. The normalized spacial score (nSPS) is 11.7. The Labute approximate surface area is 215 Å². The third-order valence-corrected chi connectivity index (χ3v) is 7.61. The Balaban J connectivity index is 1.80. The van der Waals surface area contributed by atoms with Crippen molar-refractivity contribution in [2.24, 2.45) is 16.7 Å². The minimum absolute atomic E-state index is 0.0116. The average Bonchev–Trinajstić information content (AvgIpc) is 2.90. The summed E-state index contributed by atoms with van der Waals surface area (Å²) >= 11 is 0. The molecule has 188 valence electrons. The fraction of sp³-hybridized carbons (Fsp3) is 0.0714. The molecule has 1 amide bonds. The molecule has 0 spiro atoms. The van der Waals surface area contributed by atoms with E-state index in [4.69, 9.17) is 11.6 Å². The molecule has 0 aliphatic carbocycles. The van der Waals surface area contributed by atoms with Crippen molar-refractivity contribution in [2.75, 3.05) is 5.32 Å². The highest BCUT2D eigenvalue weighted by Gasteiger charge is 2.23. The standard InChI is InChI=1S/C28H27N5O3S/c1-19-11-13-20(14-12-19)17-27(34)31-25-18-21(23-9-5-6-10-24(23)28(29)32-33-30)15-16-26(25)37(35,36)22-7-3-2-4-8-22/h2-16,18,33H,17,30H2,1H3,(H2,29,32)(H,31,34). The summed E-state index contributed by atoms with van der Waals surface area (Å²) in [5, 5.41) is 6.68. The summed E-state index contributed by atoms with van der Waals surface area (Å²) in [5.41, 5.74) is 12.3. The van der Waals surface area contributed by atoms with Crippen molar-refractivity contribution in [3.05, 3.63) is 114 Å². The van der Waals surface area contributed by atoms with E-state index in [2.05, 4.69) is 16.0 Å². The van der Waals surface area contributed by atoms with Crippen molar-refractivity contribution in [1.82, 2.24) is 5.53 Å². The monoisotopic (exact) mass is 513 g/mol. The predicted octanol–water partition coefficient (Wildman–Crippen LogP) is 3.76. The van der Waals surface area contributed by atoms with Gasteiger partial charge in [-0.25, -0.2) is 19.8 Å². The first-order valence-electron chi connectivity index (χ1n) is 11.5. The summed E-state index contributed by atoms with van der Waals surface area (Å²) in [6.07, 6.45) is 0.0910. The van der Waals surface area contributed by atoms with Gasteiger partial charge in [0.15, 0.2) is 5.84 Å². The molecule has 4 rings (SSSR count). The summed E-state index contributed by atoms with van der Waals surface area (Å²) in [7, 11) is -3.92. The first-order chi connectivity index (χ1) is 17.8. The topological polar surface area (TPSA) is 140 Å². The molecule has 0 atom stereocenters. The number of anilines is 1. The number of rotatable bonds is 8. The van der Waals surface area contributed by atoms with E-state index in [-0.39, 0.29) is 33.6 Å². The van der Waals surface area contributed by atoms with Gasteiger partial charge in [-0.3, -0.25) is 4.79 Å². The van der Waals surface area contributed by atoms with Crippen LogP contribution in [0.1, 0.15) is 16.7 Å². The molecule has 37 heavy (non-hydrogen) atoms. The molecule has 4 aromatic carbocycles. The van der Waals surface area contributed by atoms with Crippen LogP contribution in [-0.4, -0.2) is 20.2 Å². The Hall–Kier alpha value is -4.47. The Bertz CT molecular complexity index is 1550. The zero-order chi connectivity index (χ0) is 26.4. The van der Waals surface area contributed by atoms with Gasteiger partial charge in [-0.2, -0.15) is 0 Å². The van der Waals surface area contributed by atoms with Crippen molar-refractivity contribution >= 4 is 27.3 Å². The molecule has 0 saturated carbocycles. The predicted molar refractivity (Wildman–Crippen MR) is 145 cm³/mol. The van der Waals surface area contributed by atoms with E-state index < -0.39 is 9.84 Å². The maximum absolute atomic E-state index is 13.5. The molecule has 0 aromatic heterocycles. The number of nitrogens with two attached hydrogens (primary N) is 2. The zero-order valence-electron chi connectivity index (χ0n) is 20.2. The summed E-state index contributed by atoms with van der Waals surface area (Å²) in [6.45, 7) is 1.97. The summed E-state index contributed by atoms with van der Waals surface area (Å²) in [5.74, 6) is 5.11. The molecule has 8 nitrogen and oxygen atoms in total. The van der Waals surface area contributed by atoms with Crippen molar-refractivity contribution in [1.29, 1.82) is 0 Å². The van der Waals surface area contributed by atoms with Crippen LogP contribution in [0.25, 0.3) is 11.1 Å². The zero-order valence-corrected chi connectivity index (χ0v) is 21.0. The van der Waals surface area contributed by atoms with Crippen LogP contribution in [-0.2, 0) is 21.1 Å². The molecule has 0 radical (unpaired) electrons. The Morgan fingerprint density at radius 2 is 1.57 bits per heavy atom. The Morgan fingerprint density at radius 1 is 0.892 bits per heavy atom. The van der Waals surface area contributed by atoms with Gasteiger partial charge in [0.2, 0.25) is 15.7 Å². The van der Waals surface area contributed by atoms with Crippen LogP contribution in [0.4, 0.5) is 5.69 Å². The molecular formula is C28H27N5O3S. The minimum atomic E-state index is -3.92. The number of nitrogens with zero attached hydrogens (tertiary/aromatic N) is 1. The van der Waals surface area contributed by atoms with Crippen molar-refractivity contribution < 1.29 is 13.2 Å². The van der Waals surface area contributed by atoms with E-state index in [9.17, 15) is 13.2 Å². The third kappa shape index (κ3) is 5.85. The quantitative estimate of drug-likeness (QED) is 0.122. The number of carbonyl (C=O) groups excluding carboxylic acids is 1. The van der Waals surface area contributed by atoms with Gasteiger partial charge in [0.1, 0.15) is 0 Å². The van der Waals surface area contributed by atoms with Gasteiger partial charge in [0.05, 0.1) is 21.9 Å². The number of carbonyl (C=O) groups is 1. The third-order valence-electron chi connectivity index (χ3n) is 5.78. The Kier molecular flexibility index (Phi) is 7.66. The van der Waals surface area contributed by atoms with E-state index in [0.29, 0.717) is 16.7 Å². The lowest BCUT2D eigenvalue weighted by Crippen LogP contribution is -2.23. The van der Waals surface area contributed by atoms with Crippen molar-refractivity contribution in [3.8, 4) is 11.1 Å². The van der Waals surface area contributed by atoms with Gasteiger partial charge in [-0.05, 0) is 47.9 Å². The minimum Gasteiger partial charge on any atom is -0.382 e. The second-order valence-corrected chi connectivity index (χ2v) is 10.3. The van der Waals surface area contributed by atoms with Crippen LogP contribution in [0.15, 0.2) is 112 Å². The molecular weight excluding hydrogens is 486 g/mol. The number of hydrogen-bond donors (Lipinski definition) is 4. The van der Waals surface area contributed by atoms with Gasteiger partial charge in [0.25, 0.3) is 0 Å². The number of benzene rings is 4. The van der Waals surface area contributed by atoms with Gasteiger partial charge in [-0.1, -0.05) is 78.4 Å². The first kappa shape index (κ1) is 25.6. The van der Waals surface area contributed by atoms with E-state index in [1.165, 1.54) is 18.2 Å². The fourth-order valence-corrected chi connectivity index (χ4v) is 5.35. The van der Waals surface area contributed by atoms with Gasteiger partial charge >= 0.3 is 0 Å². The Morgan fingerprint density at radius 3 is 2.27 bits per heavy atom. The molecule has 0 unspecified atom stereocenters. The van der Waals surface area contributed by atoms with Crippen LogP contribution in [0.5, 0.6) is 0 Å². The molecule has 0 fully saturated rings. The smallest absolute Gasteiger partial charge is 0.228 e. The molecule has 4 aromatic rings. The van der Waals surface area contributed by atoms with Gasteiger partial charge in [0, 0.05) is 5.56 Å². The molecule has 6 N–H and O–H groups in total. The summed E-state index contributed by atoms with van der Waals surface area (Å²) < 4.78 is 27.1. The number of hydrazine groups is 1. The molecule has 0 heterocycles. The lowest BCUT2D eigenvalue weighted by Gasteiger charge is -2.16. The van der Waals surface area contributed by atoms with Gasteiger partial charge < -0.3 is 11.1 Å². The number of sulfone groups is 1. The van der Waals surface area contributed by atoms with Crippen LogP contribution in [0.2, 0.25) is 0 Å². The van der Waals surface area contributed by atoms with Crippen LogP contribution < -0.4 is 22.4 Å². The lowest BCUT2D eigenvalue weighted by molar-refractivity contribution is -0.115. The van der Waals surface area contributed by atoms with Gasteiger partial charge in [-0.15, -0.1) is 5.10 Å². The van der Waals surface area contributed by atoms with Crippen molar-refractivity contribution in [3.63, 3.8) is 0 Å². The molecule has 0 aliphatic rings. The first-order valence-corrected chi connectivity index (χ1v) is 13.0.